The number of Topliss-reactive ketones (excluding diaryl/α,β-unsaturated/α-hetero) is 1. The number of benzene rings is 2. The predicted octanol–water partition coefficient (Wildman–Crippen LogP) is 1.96. The van der Waals surface area contributed by atoms with Gasteiger partial charge in [-0.05, 0) is 49.6 Å². The maximum atomic E-state index is 12.9. The average molecular weight is 395 g/mol. The molecule has 0 spiro atoms. The fraction of sp³-hybridized carbons (Fsp3) is 0.348. The van der Waals surface area contributed by atoms with Crippen LogP contribution < -0.4 is 24.2 Å². The number of carbonyl (C=O) groups excluding carboxylic acids is 1. The minimum atomic E-state index is -0.222. The van der Waals surface area contributed by atoms with E-state index in [1.165, 1.54) is 30.2 Å². The van der Waals surface area contributed by atoms with Gasteiger partial charge in [0.25, 0.3) is 0 Å². The van der Waals surface area contributed by atoms with Gasteiger partial charge in [-0.15, -0.1) is 0 Å². The number of hydrogen-bond donors (Lipinski definition) is 1. The number of quaternary nitrogens is 1. The molecule has 0 atom stereocenters. The van der Waals surface area contributed by atoms with E-state index in [-0.39, 0.29) is 17.3 Å². The highest BCUT2D eigenvalue weighted by molar-refractivity contribution is 6.15. The number of methoxy groups -OCH3 is 2. The van der Waals surface area contributed by atoms with Crippen molar-refractivity contribution < 1.29 is 29.0 Å². The van der Waals surface area contributed by atoms with Crippen molar-refractivity contribution in [3.63, 3.8) is 0 Å². The Balaban J connectivity index is 1.68. The van der Waals surface area contributed by atoms with Crippen molar-refractivity contribution in [3.8, 4) is 23.0 Å². The summed E-state index contributed by atoms with van der Waals surface area (Å²) in [6.45, 7) is 2.67. The number of nitrogens with one attached hydrogen (secondary N) is 1. The van der Waals surface area contributed by atoms with Gasteiger partial charge in [-0.3, -0.25) is 4.79 Å². The Bertz CT molecular complexity index is 960. The van der Waals surface area contributed by atoms with Crippen LogP contribution in [0.5, 0.6) is 23.0 Å². The summed E-state index contributed by atoms with van der Waals surface area (Å²) in [5.41, 5.74) is 1.71. The van der Waals surface area contributed by atoms with Crippen molar-refractivity contribution in [1.29, 1.82) is 0 Å². The molecule has 0 saturated carbocycles. The molecule has 2 heterocycles. The third kappa shape index (κ3) is 3.80. The molecule has 6 heteroatoms. The molecule has 0 bridgehead atoms. The summed E-state index contributed by atoms with van der Waals surface area (Å²) in [7, 11) is 3.15. The van der Waals surface area contributed by atoms with Crippen LogP contribution in [0.4, 0.5) is 0 Å². The Morgan fingerprint density at radius 1 is 1.10 bits per heavy atom. The summed E-state index contributed by atoms with van der Waals surface area (Å²) in [4.78, 5) is 14.3. The van der Waals surface area contributed by atoms with E-state index < -0.39 is 0 Å². The van der Waals surface area contributed by atoms with Crippen molar-refractivity contribution >= 4 is 11.9 Å². The minimum Gasteiger partial charge on any atom is -0.872 e. The first-order valence-electron chi connectivity index (χ1n) is 9.93. The van der Waals surface area contributed by atoms with E-state index in [1.54, 1.807) is 44.6 Å². The molecule has 0 unspecified atom stereocenters. The Kier molecular flexibility index (Phi) is 5.45. The number of piperidine rings is 1. The van der Waals surface area contributed by atoms with Gasteiger partial charge in [-0.1, -0.05) is 11.8 Å². The molecule has 29 heavy (non-hydrogen) atoms. The standard InChI is InChI=1S/C23H25NO5/c1-27-16-6-9-20(28-2)15(12-16)13-21-22(26)17-7-8-19(25)18(23(17)29-21)14-24-10-4-3-5-11-24/h6-9,12-13,25H,3-5,10-11,14H2,1-2H3. The molecule has 4 rings (SSSR count). The van der Waals surface area contributed by atoms with E-state index >= 15 is 0 Å². The van der Waals surface area contributed by atoms with E-state index in [1.807, 2.05) is 0 Å². The number of carbonyl (C=O) groups is 1. The van der Waals surface area contributed by atoms with Crippen LogP contribution in [0.3, 0.4) is 0 Å². The molecule has 1 N–H and O–H groups in total. The van der Waals surface area contributed by atoms with Crippen molar-refractivity contribution in [1.82, 2.24) is 0 Å². The fourth-order valence-electron chi connectivity index (χ4n) is 4.03. The smallest absolute Gasteiger partial charge is 0.231 e. The van der Waals surface area contributed by atoms with Crippen molar-refractivity contribution in [2.45, 2.75) is 25.8 Å². The third-order valence-electron chi connectivity index (χ3n) is 5.61. The van der Waals surface area contributed by atoms with E-state index in [4.69, 9.17) is 14.2 Å². The number of hydrogen-bond acceptors (Lipinski definition) is 5. The van der Waals surface area contributed by atoms with Crippen LogP contribution in [0.25, 0.3) is 6.08 Å². The lowest BCUT2D eigenvalue weighted by atomic mass is 10.0. The summed E-state index contributed by atoms with van der Waals surface area (Å²) < 4.78 is 16.6. The predicted molar refractivity (Wildman–Crippen MR) is 107 cm³/mol. The van der Waals surface area contributed by atoms with E-state index in [0.717, 1.165) is 13.1 Å². The van der Waals surface area contributed by atoms with Gasteiger partial charge in [0.05, 0.1) is 32.9 Å². The molecule has 2 aromatic carbocycles. The van der Waals surface area contributed by atoms with Crippen molar-refractivity contribution in [3.05, 3.63) is 52.8 Å². The Morgan fingerprint density at radius 2 is 1.90 bits per heavy atom. The van der Waals surface area contributed by atoms with Gasteiger partial charge in [0.2, 0.25) is 5.78 Å². The van der Waals surface area contributed by atoms with Gasteiger partial charge in [0.1, 0.15) is 23.8 Å². The van der Waals surface area contributed by atoms with Crippen LogP contribution in [-0.4, -0.2) is 33.1 Å². The molecule has 2 aliphatic rings. The summed E-state index contributed by atoms with van der Waals surface area (Å²) in [6, 6.07) is 8.39. The van der Waals surface area contributed by atoms with Crippen molar-refractivity contribution in [2.75, 3.05) is 27.3 Å². The average Bonchev–Trinajstić information content (AvgIpc) is 3.06. The number of rotatable bonds is 5. The van der Waals surface area contributed by atoms with Gasteiger partial charge in [0.15, 0.2) is 5.76 Å². The molecule has 1 fully saturated rings. The van der Waals surface area contributed by atoms with Gasteiger partial charge >= 0.3 is 0 Å². The summed E-state index contributed by atoms with van der Waals surface area (Å²) in [5, 5.41) is 12.5. The summed E-state index contributed by atoms with van der Waals surface area (Å²) >= 11 is 0. The van der Waals surface area contributed by atoms with Crippen LogP contribution >= 0.6 is 0 Å². The molecule has 6 nitrogen and oxygen atoms in total. The minimum absolute atomic E-state index is 0.0742. The largest absolute Gasteiger partial charge is 0.872 e. The van der Waals surface area contributed by atoms with Crippen LogP contribution in [0.15, 0.2) is 36.1 Å². The SMILES string of the molecule is COc1ccc(OC)c(C=C2Oc3c(ccc([O-])c3C[NH+]3CCCCC3)C2=O)c1. The summed E-state index contributed by atoms with van der Waals surface area (Å²) in [6.07, 6.45) is 5.22. The maximum Gasteiger partial charge on any atom is 0.231 e. The second kappa shape index (κ2) is 8.17. The van der Waals surface area contributed by atoms with Crippen LogP contribution in [0.2, 0.25) is 0 Å². The van der Waals surface area contributed by atoms with E-state index in [9.17, 15) is 9.90 Å². The van der Waals surface area contributed by atoms with E-state index in [0.29, 0.717) is 40.5 Å². The Morgan fingerprint density at radius 3 is 2.62 bits per heavy atom. The molecule has 0 aliphatic carbocycles. The molecule has 152 valence electrons. The topological polar surface area (TPSA) is 72.3 Å². The highest BCUT2D eigenvalue weighted by Gasteiger charge is 2.31. The van der Waals surface area contributed by atoms with Crippen LogP contribution in [-0.2, 0) is 6.54 Å². The lowest BCUT2D eigenvalue weighted by molar-refractivity contribution is -0.918. The number of ether oxygens (including phenoxy) is 3. The lowest BCUT2D eigenvalue weighted by Gasteiger charge is -2.26. The first-order chi connectivity index (χ1) is 14.1. The highest BCUT2D eigenvalue weighted by atomic mass is 16.5. The second-order valence-corrected chi connectivity index (χ2v) is 7.45. The normalized spacial score (nSPS) is 17.9. The third-order valence-corrected chi connectivity index (χ3v) is 5.61. The molecular weight excluding hydrogens is 370 g/mol. The quantitative estimate of drug-likeness (QED) is 0.784. The van der Waals surface area contributed by atoms with Crippen molar-refractivity contribution in [2.24, 2.45) is 0 Å². The second-order valence-electron chi connectivity index (χ2n) is 7.45. The zero-order valence-electron chi connectivity index (χ0n) is 16.7. The Hall–Kier alpha value is -2.99. The zero-order valence-corrected chi connectivity index (χ0v) is 16.7. The Labute approximate surface area is 170 Å². The molecule has 0 radical (unpaired) electrons. The zero-order chi connectivity index (χ0) is 20.4. The van der Waals surface area contributed by atoms with Crippen LogP contribution in [0.1, 0.15) is 40.7 Å². The van der Waals surface area contributed by atoms with Gasteiger partial charge in [-0.2, -0.15) is 0 Å². The number of allylic oxidation sites excluding steroid dienone is 1. The molecule has 2 aliphatic heterocycles. The molecule has 2 aromatic rings. The first-order valence-corrected chi connectivity index (χ1v) is 9.93. The van der Waals surface area contributed by atoms with Gasteiger partial charge in [0, 0.05) is 11.1 Å². The molecule has 0 aromatic heterocycles. The summed E-state index contributed by atoms with van der Waals surface area (Å²) in [5.74, 6) is 1.56. The number of fused-ring (bicyclic) bond motifs is 1. The molecule has 1 saturated heterocycles. The lowest BCUT2D eigenvalue weighted by Crippen LogP contribution is -3.11. The van der Waals surface area contributed by atoms with Gasteiger partial charge < -0.3 is 24.2 Å². The molecular formula is C23H25NO5. The van der Waals surface area contributed by atoms with E-state index in [2.05, 4.69) is 0 Å². The van der Waals surface area contributed by atoms with Crippen LogP contribution in [0, 0.1) is 0 Å². The maximum absolute atomic E-state index is 12.9. The molecule has 0 amide bonds. The number of ketones is 1. The number of likely N-dealkylation sites (tertiary alicyclic amines) is 1. The first kappa shape index (κ1) is 19.3. The highest BCUT2D eigenvalue weighted by Crippen LogP contribution is 2.39. The fourth-order valence-corrected chi connectivity index (χ4v) is 4.03. The van der Waals surface area contributed by atoms with Gasteiger partial charge in [-0.25, -0.2) is 0 Å². The monoisotopic (exact) mass is 395 g/mol.